The predicted molar refractivity (Wildman–Crippen MR) is 139 cm³/mol. The van der Waals surface area contributed by atoms with Crippen LogP contribution in [0.5, 0.6) is 17.2 Å². The fraction of sp³-hybridized carbons (Fsp3) is 0.286. The van der Waals surface area contributed by atoms with Crippen molar-refractivity contribution >= 4 is 23.3 Å². The molecule has 3 aromatic rings. The van der Waals surface area contributed by atoms with Crippen LogP contribution >= 0.6 is 0 Å². The van der Waals surface area contributed by atoms with Crippen LogP contribution in [0.2, 0.25) is 0 Å². The van der Waals surface area contributed by atoms with Gasteiger partial charge in [-0.15, -0.1) is 0 Å². The quantitative estimate of drug-likeness (QED) is 0.476. The normalized spacial score (nSPS) is 13.4. The number of rotatable bonds is 8. The summed E-state index contributed by atoms with van der Waals surface area (Å²) in [5.74, 6) is 1.67. The summed E-state index contributed by atoms with van der Waals surface area (Å²) in [6, 6.07) is 18.2. The van der Waals surface area contributed by atoms with Gasteiger partial charge in [0.15, 0.2) is 0 Å². The van der Waals surface area contributed by atoms with Crippen molar-refractivity contribution in [1.29, 1.82) is 0 Å². The molecule has 1 saturated heterocycles. The van der Waals surface area contributed by atoms with Gasteiger partial charge in [0.05, 0.1) is 32.7 Å². The Morgan fingerprint density at radius 3 is 2.31 bits per heavy atom. The van der Waals surface area contributed by atoms with Crippen LogP contribution in [0.15, 0.2) is 60.7 Å². The number of methoxy groups -OCH3 is 3. The lowest BCUT2D eigenvalue weighted by atomic mass is 10.1. The zero-order valence-corrected chi connectivity index (χ0v) is 21.0. The van der Waals surface area contributed by atoms with E-state index in [4.69, 9.17) is 14.2 Å². The number of aryl methyl sites for hydroxylation is 1. The first-order valence-corrected chi connectivity index (χ1v) is 11.8. The third-order valence-corrected chi connectivity index (χ3v) is 6.12. The van der Waals surface area contributed by atoms with E-state index in [2.05, 4.69) is 5.32 Å². The van der Waals surface area contributed by atoms with Crippen LogP contribution in [0.4, 0.5) is 16.2 Å². The fourth-order valence-corrected chi connectivity index (χ4v) is 4.27. The molecule has 1 N–H and O–H groups in total. The summed E-state index contributed by atoms with van der Waals surface area (Å²) in [6.45, 7) is 3.56. The number of carbonyl (C=O) groups excluding carboxylic acids is 2. The number of nitrogens with one attached hydrogen (secondary N) is 1. The molecule has 36 heavy (non-hydrogen) atoms. The van der Waals surface area contributed by atoms with Crippen LogP contribution in [-0.4, -0.2) is 51.3 Å². The van der Waals surface area contributed by atoms with Crippen LogP contribution in [0.25, 0.3) is 0 Å². The molecule has 188 valence electrons. The first-order valence-electron chi connectivity index (χ1n) is 11.8. The molecule has 3 amide bonds. The van der Waals surface area contributed by atoms with Gasteiger partial charge in [-0.25, -0.2) is 4.79 Å². The average molecular weight is 490 g/mol. The maximum atomic E-state index is 13.6. The first kappa shape index (κ1) is 24.9. The topological polar surface area (TPSA) is 80.3 Å². The number of ether oxygens (including phenoxy) is 3. The molecule has 0 aliphatic carbocycles. The van der Waals surface area contributed by atoms with E-state index in [0.717, 1.165) is 17.5 Å². The first-order chi connectivity index (χ1) is 17.4. The molecule has 8 heteroatoms. The molecule has 1 aliphatic rings. The van der Waals surface area contributed by atoms with E-state index in [-0.39, 0.29) is 11.9 Å². The molecule has 0 aromatic heterocycles. The predicted octanol–water partition coefficient (Wildman–Crippen LogP) is 5.11. The van der Waals surface area contributed by atoms with Gasteiger partial charge in [-0.2, -0.15) is 0 Å². The molecule has 0 bridgehead atoms. The van der Waals surface area contributed by atoms with E-state index in [1.807, 2.05) is 37.3 Å². The van der Waals surface area contributed by atoms with Crippen LogP contribution in [0.3, 0.4) is 0 Å². The van der Waals surface area contributed by atoms with Crippen LogP contribution in [0.1, 0.15) is 27.9 Å². The van der Waals surface area contributed by atoms with E-state index in [9.17, 15) is 9.59 Å². The smallest absolute Gasteiger partial charge is 0.324 e. The second-order valence-corrected chi connectivity index (χ2v) is 8.64. The molecular weight excluding hydrogens is 458 g/mol. The van der Waals surface area contributed by atoms with Gasteiger partial charge in [-0.3, -0.25) is 9.69 Å². The van der Waals surface area contributed by atoms with Gasteiger partial charge in [0, 0.05) is 31.3 Å². The number of urea groups is 1. The van der Waals surface area contributed by atoms with Crippen molar-refractivity contribution in [2.24, 2.45) is 0 Å². The highest BCUT2D eigenvalue weighted by atomic mass is 16.5. The summed E-state index contributed by atoms with van der Waals surface area (Å²) in [6.07, 6.45) is 0.796. The molecule has 1 heterocycles. The standard InChI is InChI=1S/C28H31N3O5/c1-19-9-10-26(25(13-19)29-27(32)21-7-5-8-22(16-21)34-2)31-12-6-11-30(28(31)33)18-20-14-23(35-3)17-24(15-20)36-4/h5,7-10,13-17H,6,11-12,18H2,1-4H3,(H,29,32). The number of hydrogen-bond donors (Lipinski definition) is 1. The van der Waals surface area contributed by atoms with E-state index >= 15 is 0 Å². The molecular formula is C28H31N3O5. The third-order valence-electron chi connectivity index (χ3n) is 6.12. The number of nitrogens with zero attached hydrogens (tertiary/aromatic N) is 2. The van der Waals surface area contributed by atoms with Crippen molar-refractivity contribution in [3.63, 3.8) is 0 Å². The summed E-state index contributed by atoms with van der Waals surface area (Å²) in [5.41, 5.74) is 3.61. The van der Waals surface area contributed by atoms with Gasteiger partial charge in [0.2, 0.25) is 0 Å². The van der Waals surface area contributed by atoms with Crippen molar-refractivity contribution < 1.29 is 23.8 Å². The van der Waals surface area contributed by atoms with Crippen molar-refractivity contribution in [3.05, 3.63) is 77.4 Å². The summed E-state index contributed by atoms with van der Waals surface area (Å²) in [5, 5.41) is 2.99. The van der Waals surface area contributed by atoms with Gasteiger partial charge in [0.25, 0.3) is 5.91 Å². The Balaban J connectivity index is 1.58. The monoisotopic (exact) mass is 489 g/mol. The highest BCUT2D eigenvalue weighted by Crippen LogP contribution is 2.32. The fourth-order valence-electron chi connectivity index (χ4n) is 4.27. The van der Waals surface area contributed by atoms with Crippen molar-refractivity contribution in [3.8, 4) is 17.2 Å². The Bertz CT molecular complexity index is 1240. The Morgan fingerprint density at radius 1 is 0.889 bits per heavy atom. The maximum Gasteiger partial charge on any atom is 0.324 e. The molecule has 4 rings (SSSR count). The minimum Gasteiger partial charge on any atom is -0.497 e. The SMILES string of the molecule is COc1cc(CN2CCCN(c3ccc(C)cc3NC(=O)c3cccc(OC)c3)C2=O)cc(OC)c1. The Labute approximate surface area is 211 Å². The lowest BCUT2D eigenvalue weighted by molar-refractivity contribution is 0.102. The zero-order chi connectivity index (χ0) is 25.7. The molecule has 0 spiro atoms. The second-order valence-electron chi connectivity index (χ2n) is 8.64. The number of anilines is 2. The van der Waals surface area contributed by atoms with Crippen molar-refractivity contribution in [2.45, 2.75) is 19.9 Å². The molecule has 0 unspecified atom stereocenters. The van der Waals surface area contributed by atoms with Crippen molar-refractivity contribution in [1.82, 2.24) is 4.90 Å². The van der Waals surface area contributed by atoms with Gasteiger partial charge in [-0.05, 0) is 66.9 Å². The Kier molecular flexibility index (Phi) is 7.63. The highest BCUT2D eigenvalue weighted by molar-refractivity contribution is 6.08. The number of amides is 3. The minimum absolute atomic E-state index is 0.122. The molecule has 3 aromatic carbocycles. The lowest BCUT2D eigenvalue weighted by Gasteiger charge is -2.36. The van der Waals surface area contributed by atoms with Gasteiger partial charge >= 0.3 is 6.03 Å². The Morgan fingerprint density at radius 2 is 1.61 bits per heavy atom. The summed E-state index contributed by atoms with van der Waals surface area (Å²) in [7, 11) is 4.77. The van der Waals surface area contributed by atoms with E-state index < -0.39 is 0 Å². The molecule has 0 saturated carbocycles. The van der Waals surface area contributed by atoms with Gasteiger partial charge in [-0.1, -0.05) is 12.1 Å². The average Bonchev–Trinajstić information content (AvgIpc) is 2.90. The zero-order valence-electron chi connectivity index (χ0n) is 21.0. The molecule has 1 aliphatic heterocycles. The van der Waals surface area contributed by atoms with E-state index in [1.54, 1.807) is 61.5 Å². The minimum atomic E-state index is -0.273. The molecule has 8 nitrogen and oxygen atoms in total. The summed E-state index contributed by atoms with van der Waals surface area (Å²) in [4.78, 5) is 30.1. The lowest BCUT2D eigenvalue weighted by Crippen LogP contribution is -2.49. The van der Waals surface area contributed by atoms with Gasteiger partial charge < -0.3 is 24.4 Å². The second kappa shape index (κ2) is 11.0. The van der Waals surface area contributed by atoms with Crippen LogP contribution in [-0.2, 0) is 6.54 Å². The van der Waals surface area contributed by atoms with Crippen molar-refractivity contribution in [2.75, 3.05) is 44.6 Å². The molecule has 0 atom stereocenters. The summed E-state index contributed by atoms with van der Waals surface area (Å²) >= 11 is 0. The van der Waals surface area contributed by atoms with Gasteiger partial charge in [0.1, 0.15) is 17.2 Å². The largest absolute Gasteiger partial charge is 0.497 e. The Hall–Kier alpha value is -4.20. The number of carbonyl (C=O) groups is 2. The highest BCUT2D eigenvalue weighted by Gasteiger charge is 2.29. The van der Waals surface area contributed by atoms with Crippen LogP contribution in [0, 0.1) is 6.92 Å². The number of hydrogen-bond acceptors (Lipinski definition) is 5. The van der Waals surface area contributed by atoms with E-state index in [1.165, 1.54) is 0 Å². The summed E-state index contributed by atoms with van der Waals surface area (Å²) < 4.78 is 16.0. The van der Waals surface area contributed by atoms with Crippen LogP contribution < -0.4 is 24.4 Å². The number of benzene rings is 3. The third kappa shape index (κ3) is 5.54. The van der Waals surface area contributed by atoms with E-state index in [0.29, 0.717) is 53.8 Å². The maximum absolute atomic E-state index is 13.6. The molecule has 0 radical (unpaired) electrons. The molecule has 1 fully saturated rings.